The van der Waals surface area contributed by atoms with E-state index in [0.717, 1.165) is 12.8 Å². The summed E-state index contributed by atoms with van der Waals surface area (Å²) < 4.78 is 0. The van der Waals surface area contributed by atoms with Crippen molar-refractivity contribution >= 4 is 0 Å². The number of nitrogens with zero attached hydrogens (tertiary/aromatic N) is 2. The first-order chi connectivity index (χ1) is 15.5. The Hall–Kier alpha value is -0.200. The van der Waals surface area contributed by atoms with Crippen molar-refractivity contribution in [2.45, 2.75) is 168 Å². The molecule has 0 amide bonds. The van der Waals surface area contributed by atoms with Crippen molar-refractivity contribution in [1.82, 2.24) is 10.3 Å². The maximum atomic E-state index is 10.2. The number of hydrogen-bond acceptors (Lipinski definition) is 5. The summed E-state index contributed by atoms with van der Waals surface area (Å²) in [4.78, 5) is 0. The summed E-state index contributed by atoms with van der Waals surface area (Å²) in [5.74, 6) is 0. The minimum Gasteiger partial charge on any atom is -0.314 e. The van der Waals surface area contributed by atoms with Crippen LogP contribution in [0.5, 0.6) is 0 Å². The first-order valence-corrected chi connectivity index (χ1v) is 14.2. The lowest BCUT2D eigenvalue weighted by molar-refractivity contribution is -0.344. The van der Waals surface area contributed by atoms with Crippen molar-refractivity contribution in [3.8, 4) is 0 Å². The summed E-state index contributed by atoms with van der Waals surface area (Å²) in [5.41, 5.74) is 0. The second kappa shape index (κ2) is 23.9. The van der Waals surface area contributed by atoms with Gasteiger partial charge < -0.3 is 5.21 Å². The van der Waals surface area contributed by atoms with Gasteiger partial charge in [0.25, 0.3) is 0 Å². The second-order valence-corrected chi connectivity index (χ2v) is 9.92. The summed E-state index contributed by atoms with van der Waals surface area (Å²) in [6.45, 7) is 6.53. The summed E-state index contributed by atoms with van der Waals surface area (Å²) in [7, 11) is 0. The number of hydroxylamine groups is 4. The maximum Gasteiger partial charge on any atom is 0.0773 e. The van der Waals surface area contributed by atoms with E-state index in [-0.39, 0.29) is 11.3 Å². The molecule has 0 bridgehead atoms. The zero-order valence-corrected chi connectivity index (χ0v) is 21.9. The summed E-state index contributed by atoms with van der Waals surface area (Å²) in [5, 5.41) is 30.0. The average molecular weight is 459 g/mol. The predicted molar refractivity (Wildman–Crippen MR) is 135 cm³/mol. The molecule has 0 aromatic carbocycles. The van der Waals surface area contributed by atoms with Crippen molar-refractivity contribution in [2.75, 3.05) is 6.54 Å². The lowest BCUT2D eigenvalue weighted by atomic mass is 10.0. The zero-order valence-electron chi connectivity index (χ0n) is 21.9. The fraction of sp³-hybridized carbons (Fsp3) is 1.00. The van der Waals surface area contributed by atoms with Crippen LogP contribution in [-0.2, 0) is 0 Å². The Balaban J connectivity index is 3.30. The van der Waals surface area contributed by atoms with Gasteiger partial charge in [-0.05, 0) is 19.8 Å². The van der Waals surface area contributed by atoms with Crippen LogP contribution in [0.4, 0.5) is 0 Å². The third kappa shape index (κ3) is 19.3. The zero-order chi connectivity index (χ0) is 23.9. The van der Waals surface area contributed by atoms with Crippen LogP contribution in [0.15, 0.2) is 0 Å². The van der Waals surface area contributed by atoms with Gasteiger partial charge in [0.2, 0.25) is 0 Å². The molecule has 2 unspecified atom stereocenters. The Morgan fingerprint density at radius 2 is 0.812 bits per heavy atom. The Labute approximate surface area is 200 Å². The van der Waals surface area contributed by atoms with Crippen LogP contribution < -0.4 is 0 Å². The molecule has 3 N–H and O–H groups in total. The monoisotopic (exact) mass is 458 g/mol. The van der Waals surface area contributed by atoms with Gasteiger partial charge in [0.05, 0.1) is 12.1 Å². The summed E-state index contributed by atoms with van der Waals surface area (Å²) >= 11 is 0. The molecular formula is C27H58N2O3. The molecule has 0 saturated heterocycles. The van der Waals surface area contributed by atoms with E-state index < -0.39 is 6.04 Å². The lowest BCUT2D eigenvalue weighted by Gasteiger charge is -2.31. The molecule has 0 aromatic rings. The molecule has 0 rings (SSSR count). The SMILES string of the molecule is CCCCCCCCCCCCCCCCCCCCCCN(O)C(CC)C(C)N(O)O. The molecule has 0 aromatic heterocycles. The van der Waals surface area contributed by atoms with Gasteiger partial charge >= 0.3 is 0 Å². The second-order valence-electron chi connectivity index (χ2n) is 9.92. The molecule has 0 fully saturated rings. The highest BCUT2D eigenvalue weighted by molar-refractivity contribution is 4.73. The van der Waals surface area contributed by atoms with Gasteiger partial charge in [0.1, 0.15) is 0 Å². The van der Waals surface area contributed by atoms with Gasteiger partial charge in [-0.15, -0.1) is 0 Å². The van der Waals surface area contributed by atoms with Crippen molar-refractivity contribution in [1.29, 1.82) is 0 Å². The minimum absolute atomic E-state index is 0.203. The average Bonchev–Trinajstić information content (AvgIpc) is 2.78. The Bertz CT molecular complexity index is 369. The largest absolute Gasteiger partial charge is 0.314 e. The summed E-state index contributed by atoms with van der Waals surface area (Å²) in [6, 6.07) is -0.763. The minimum atomic E-state index is -0.505. The molecule has 2 atom stereocenters. The van der Waals surface area contributed by atoms with E-state index in [1.165, 1.54) is 121 Å². The Kier molecular flexibility index (Phi) is 23.8. The third-order valence-corrected chi connectivity index (χ3v) is 6.96. The Morgan fingerprint density at radius 1 is 0.500 bits per heavy atom. The molecule has 0 spiro atoms. The van der Waals surface area contributed by atoms with Crippen molar-refractivity contribution in [3.63, 3.8) is 0 Å². The van der Waals surface area contributed by atoms with E-state index in [9.17, 15) is 5.21 Å². The fourth-order valence-electron chi connectivity index (χ4n) is 4.65. The van der Waals surface area contributed by atoms with Crippen LogP contribution in [0.25, 0.3) is 0 Å². The van der Waals surface area contributed by atoms with Crippen molar-refractivity contribution < 1.29 is 15.6 Å². The van der Waals surface area contributed by atoms with Crippen molar-refractivity contribution in [2.24, 2.45) is 0 Å². The molecule has 0 aliphatic carbocycles. The van der Waals surface area contributed by atoms with E-state index >= 15 is 0 Å². The molecule has 0 saturated carbocycles. The molecular weight excluding hydrogens is 400 g/mol. The normalized spacial score (nSPS) is 13.9. The van der Waals surface area contributed by atoms with Crippen LogP contribution in [-0.4, -0.2) is 44.5 Å². The molecule has 32 heavy (non-hydrogen) atoms. The standard InChI is InChI=1S/C27H58N2O3/c1-4-6-7-8-9-10-11-12-13-14-15-16-17-18-19-20-21-22-23-24-25-28(30)27(5-2)26(3)29(31)32/h26-27,30-32H,4-25H2,1-3H3. The van der Waals surface area contributed by atoms with E-state index in [2.05, 4.69) is 6.92 Å². The van der Waals surface area contributed by atoms with E-state index in [4.69, 9.17) is 10.4 Å². The highest BCUT2D eigenvalue weighted by Crippen LogP contribution is 2.16. The number of hydrogen-bond donors (Lipinski definition) is 3. The first-order valence-electron chi connectivity index (χ1n) is 14.2. The van der Waals surface area contributed by atoms with Gasteiger partial charge in [-0.25, -0.2) is 0 Å². The number of unbranched alkanes of at least 4 members (excludes halogenated alkanes) is 19. The lowest BCUT2D eigenvalue weighted by Crippen LogP contribution is -2.47. The molecule has 0 aliphatic rings. The Morgan fingerprint density at radius 3 is 1.09 bits per heavy atom. The topological polar surface area (TPSA) is 67.2 Å². The van der Waals surface area contributed by atoms with Gasteiger partial charge in [0.15, 0.2) is 0 Å². The van der Waals surface area contributed by atoms with Gasteiger partial charge in [0, 0.05) is 6.54 Å². The van der Waals surface area contributed by atoms with Crippen LogP contribution in [0.1, 0.15) is 156 Å². The smallest absolute Gasteiger partial charge is 0.0773 e. The fourth-order valence-corrected chi connectivity index (χ4v) is 4.65. The summed E-state index contributed by atoms with van der Waals surface area (Å²) in [6.07, 6.45) is 27.9. The van der Waals surface area contributed by atoms with E-state index in [0.29, 0.717) is 13.0 Å². The molecule has 5 nitrogen and oxygen atoms in total. The van der Waals surface area contributed by atoms with Crippen LogP contribution in [0, 0.1) is 0 Å². The maximum absolute atomic E-state index is 10.2. The van der Waals surface area contributed by atoms with Gasteiger partial charge in [-0.3, -0.25) is 10.4 Å². The first kappa shape index (κ1) is 31.8. The highest BCUT2D eigenvalue weighted by atomic mass is 16.8. The van der Waals surface area contributed by atoms with Crippen LogP contribution in [0.2, 0.25) is 0 Å². The van der Waals surface area contributed by atoms with Crippen molar-refractivity contribution in [3.05, 3.63) is 0 Å². The highest BCUT2D eigenvalue weighted by Gasteiger charge is 2.25. The third-order valence-electron chi connectivity index (χ3n) is 6.96. The van der Waals surface area contributed by atoms with E-state index in [1.807, 2.05) is 6.92 Å². The van der Waals surface area contributed by atoms with Crippen LogP contribution >= 0.6 is 0 Å². The predicted octanol–water partition coefficient (Wildman–Crippen LogP) is 8.75. The van der Waals surface area contributed by atoms with E-state index in [1.54, 1.807) is 6.92 Å². The number of rotatable bonds is 25. The molecule has 0 aliphatic heterocycles. The quantitative estimate of drug-likeness (QED) is 0.0942. The molecule has 194 valence electrons. The van der Waals surface area contributed by atoms with Gasteiger partial charge in [-0.2, -0.15) is 5.06 Å². The van der Waals surface area contributed by atoms with Gasteiger partial charge in [-0.1, -0.05) is 141 Å². The molecule has 0 heterocycles. The molecule has 0 radical (unpaired) electrons. The van der Waals surface area contributed by atoms with Crippen LogP contribution in [0.3, 0.4) is 0 Å². The molecule has 5 heteroatoms.